The molecular formula is C16H21N3O2. The summed E-state index contributed by atoms with van der Waals surface area (Å²) in [4.78, 5) is 0. The van der Waals surface area contributed by atoms with Gasteiger partial charge in [-0.15, -0.1) is 10.2 Å². The maximum absolute atomic E-state index is 5.68. The highest BCUT2D eigenvalue weighted by Crippen LogP contribution is 2.28. The maximum atomic E-state index is 5.68. The minimum absolute atomic E-state index is 0.306. The van der Waals surface area contributed by atoms with Crippen LogP contribution in [0.1, 0.15) is 25.7 Å². The van der Waals surface area contributed by atoms with Crippen LogP contribution in [-0.4, -0.2) is 30.0 Å². The van der Waals surface area contributed by atoms with Crippen LogP contribution >= 0.6 is 0 Å². The molecule has 1 aliphatic rings. The number of aromatic nitrogens is 2. The van der Waals surface area contributed by atoms with Crippen LogP contribution in [0.2, 0.25) is 0 Å². The first-order chi connectivity index (χ1) is 10.3. The summed E-state index contributed by atoms with van der Waals surface area (Å²) in [6.45, 7) is 5.56. The summed E-state index contributed by atoms with van der Waals surface area (Å²) in [7, 11) is 0. The van der Waals surface area contributed by atoms with E-state index < -0.39 is 0 Å². The van der Waals surface area contributed by atoms with E-state index in [0.717, 1.165) is 38.2 Å². The van der Waals surface area contributed by atoms with Gasteiger partial charge in [0.2, 0.25) is 11.8 Å². The summed E-state index contributed by atoms with van der Waals surface area (Å²) >= 11 is 0. The zero-order valence-electron chi connectivity index (χ0n) is 12.3. The molecule has 1 aromatic carbocycles. The van der Waals surface area contributed by atoms with Gasteiger partial charge in [0.1, 0.15) is 0 Å². The highest BCUT2D eigenvalue weighted by atomic mass is 16.5. The number of rotatable bonds is 5. The van der Waals surface area contributed by atoms with E-state index in [1.807, 2.05) is 30.3 Å². The van der Waals surface area contributed by atoms with Crippen LogP contribution in [0, 0.1) is 5.41 Å². The van der Waals surface area contributed by atoms with Gasteiger partial charge in [0.25, 0.3) is 0 Å². The average Bonchev–Trinajstić information content (AvgIpc) is 2.98. The van der Waals surface area contributed by atoms with E-state index in [1.165, 1.54) is 0 Å². The largest absolute Gasteiger partial charge is 0.419 e. The van der Waals surface area contributed by atoms with Gasteiger partial charge in [0.05, 0.1) is 6.54 Å². The number of ether oxygens (including phenoxy) is 1. The molecule has 0 saturated carbocycles. The zero-order chi connectivity index (χ0) is 14.5. The summed E-state index contributed by atoms with van der Waals surface area (Å²) < 4.78 is 11.1. The molecule has 1 fully saturated rings. The van der Waals surface area contributed by atoms with E-state index in [4.69, 9.17) is 9.15 Å². The van der Waals surface area contributed by atoms with Crippen LogP contribution in [0.15, 0.2) is 34.7 Å². The molecule has 0 spiro atoms. The summed E-state index contributed by atoms with van der Waals surface area (Å²) in [5.74, 6) is 1.20. The molecule has 2 aromatic rings. The van der Waals surface area contributed by atoms with Crippen molar-refractivity contribution >= 4 is 0 Å². The quantitative estimate of drug-likeness (QED) is 0.916. The minimum atomic E-state index is 0.306. The highest BCUT2D eigenvalue weighted by Gasteiger charge is 2.26. The van der Waals surface area contributed by atoms with Gasteiger partial charge in [0, 0.05) is 25.3 Å². The molecule has 1 saturated heterocycles. The fraction of sp³-hybridized carbons (Fsp3) is 0.500. The van der Waals surface area contributed by atoms with Crippen LogP contribution in [-0.2, 0) is 11.3 Å². The Balaban J connectivity index is 1.53. The molecule has 5 nitrogen and oxygen atoms in total. The third-order valence-corrected chi connectivity index (χ3v) is 4.02. The Labute approximate surface area is 124 Å². The van der Waals surface area contributed by atoms with Gasteiger partial charge in [-0.3, -0.25) is 0 Å². The molecule has 1 aliphatic heterocycles. The topological polar surface area (TPSA) is 60.2 Å². The number of nitrogens with zero attached hydrogens (tertiary/aromatic N) is 2. The predicted molar refractivity (Wildman–Crippen MR) is 79.6 cm³/mol. The van der Waals surface area contributed by atoms with Crippen molar-refractivity contribution in [2.45, 2.75) is 26.3 Å². The zero-order valence-corrected chi connectivity index (χ0v) is 12.3. The molecule has 3 rings (SSSR count). The van der Waals surface area contributed by atoms with Crippen LogP contribution in [0.4, 0.5) is 0 Å². The van der Waals surface area contributed by atoms with E-state index in [0.29, 0.717) is 23.7 Å². The molecule has 1 N–H and O–H groups in total. The Morgan fingerprint density at radius 1 is 1.14 bits per heavy atom. The van der Waals surface area contributed by atoms with E-state index in [9.17, 15) is 0 Å². The van der Waals surface area contributed by atoms with E-state index in [-0.39, 0.29) is 0 Å². The van der Waals surface area contributed by atoms with Crippen LogP contribution in [0.25, 0.3) is 11.5 Å². The fourth-order valence-electron chi connectivity index (χ4n) is 2.53. The van der Waals surface area contributed by atoms with Gasteiger partial charge in [0.15, 0.2) is 0 Å². The van der Waals surface area contributed by atoms with Gasteiger partial charge in [-0.1, -0.05) is 25.1 Å². The summed E-state index contributed by atoms with van der Waals surface area (Å²) in [5, 5.41) is 11.6. The Bertz CT molecular complexity index is 562. The highest BCUT2D eigenvalue weighted by molar-refractivity contribution is 5.51. The third-order valence-electron chi connectivity index (χ3n) is 4.02. The molecule has 0 unspecified atom stereocenters. The second-order valence-electron chi connectivity index (χ2n) is 5.89. The molecule has 21 heavy (non-hydrogen) atoms. The fourth-order valence-corrected chi connectivity index (χ4v) is 2.53. The summed E-state index contributed by atoms with van der Waals surface area (Å²) in [6, 6.07) is 9.82. The van der Waals surface area contributed by atoms with Crippen molar-refractivity contribution in [3.63, 3.8) is 0 Å². The first-order valence-corrected chi connectivity index (χ1v) is 7.41. The summed E-state index contributed by atoms with van der Waals surface area (Å²) in [6.07, 6.45) is 2.19. The SMILES string of the molecule is CC1(CNCc2nnc(-c3ccccc3)o2)CCOCC1. The predicted octanol–water partition coefficient (Wildman–Crippen LogP) is 2.64. The smallest absolute Gasteiger partial charge is 0.247 e. The monoisotopic (exact) mass is 287 g/mol. The van der Waals surface area contributed by atoms with Crippen LogP contribution in [0.5, 0.6) is 0 Å². The normalized spacial score (nSPS) is 17.8. The first kappa shape index (κ1) is 14.2. The number of nitrogens with one attached hydrogen (secondary N) is 1. The molecule has 0 bridgehead atoms. The molecule has 0 aliphatic carbocycles. The first-order valence-electron chi connectivity index (χ1n) is 7.41. The van der Waals surface area contributed by atoms with Crippen molar-refractivity contribution in [2.75, 3.05) is 19.8 Å². The molecule has 0 amide bonds. The third kappa shape index (κ3) is 3.68. The van der Waals surface area contributed by atoms with Crippen molar-refractivity contribution in [1.29, 1.82) is 0 Å². The van der Waals surface area contributed by atoms with E-state index in [1.54, 1.807) is 0 Å². The lowest BCUT2D eigenvalue weighted by Gasteiger charge is -2.33. The average molecular weight is 287 g/mol. The molecule has 5 heteroatoms. The van der Waals surface area contributed by atoms with E-state index >= 15 is 0 Å². The van der Waals surface area contributed by atoms with Gasteiger partial charge in [-0.2, -0.15) is 0 Å². The molecular weight excluding hydrogens is 266 g/mol. The van der Waals surface area contributed by atoms with Crippen LogP contribution < -0.4 is 5.32 Å². The molecule has 0 atom stereocenters. The van der Waals surface area contributed by atoms with Crippen molar-refractivity contribution in [3.8, 4) is 11.5 Å². The van der Waals surface area contributed by atoms with Gasteiger partial charge in [-0.25, -0.2) is 0 Å². The maximum Gasteiger partial charge on any atom is 0.247 e. The Morgan fingerprint density at radius 2 is 1.90 bits per heavy atom. The van der Waals surface area contributed by atoms with Gasteiger partial charge in [-0.05, 0) is 30.4 Å². The molecule has 2 heterocycles. The number of benzene rings is 1. The van der Waals surface area contributed by atoms with Crippen LogP contribution in [0.3, 0.4) is 0 Å². The Morgan fingerprint density at radius 3 is 2.67 bits per heavy atom. The second kappa shape index (κ2) is 6.37. The molecule has 1 aromatic heterocycles. The summed E-state index contributed by atoms with van der Waals surface area (Å²) in [5.41, 5.74) is 1.26. The lowest BCUT2D eigenvalue weighted by atomic mass is 9.82. The lowest BCUT2D eigenvalue weighted by molar-refractivity contribution is 0.0238. The Hall–Kier alpha value is -1.72. The van der Waals surface area contributed by atoms with Crippen molar-refractivity contribution in [2.24, 2.45) is 5.41 Å². The van der Waals surface area contributed by atoms with E-state index in [2.05, 4.69) is 22.4 Å². The van der Waals surface area contributed by atoms with Gasteiger partial charge >= 0.3 is 0 Å². The number of hydrogen-bond donors (Lipinski definition) is 1. The van der Waals surface area contributed by atoms with Crippen molar-refractivity contribution in [1.82, 2.24) is 15.5 Å². The van der Waals surface area contributed by atoms with Crippen molar-refractivity contribution < 1.29 is 9.15 Å². The molecule has 0 radical (unpaired) electrons. The van der Waals surface area contributed by atoms with Crippen molar-refractivity contribution in [3.05, 3.63) is 36.2 Å². The standard InChI is InChI=1S/C16H21N3O2/c1-16(7-9-20-10-8-16)12-17-11-14-18-19-15(21-14)13-5-3-2-4-6-13/h2-6,17H,7-12H2,1H3. The molecule has 112 valence electrons. The number of hydrogen-bond acceptors (Lipinski definition) is 5. The minimum Gasteiger partial charge on any atom is -0.419 e. The lowest BCUT2D eigenvalue weighted by Crippen LogP contribution is -2.36. The Kier molecular flexibility index (Phi) is 4.31. The second-order valence-corrected chi connectivity index (χ2v) is 5.89. The van der Waals surface area contributed by atoms with Gasteiger partial charge < -0.3 is 14.5 Å².